The Morgan fingerprint density at radius 2 is 2.00 bits per heavy atom. The lowest BCUT2D eigenvalue weighted by atomic mass is 9.97. The first kappa shape index (κ1) is 13.3. The first-order valence-corrected chi connectivity index (χ1v) is 4.93. The molecule has 0 spiro atoms. The van der Waals surface area contributed by atoms with Gasteiger partial charge in [0.15, 0.2) is 6.29 Å². The van der Waals surface area contributed by atoms with Gasteiger partial charge in [-0.2, -0.15) is 0 Å². The van der Waals surface area contributed by atoms with Crippen LogP contribution >= 0.6 is 0 Å². The molecule has 0 unspecified atom stereocenters. The summed E-state index contributed by atoms with van der Waals surface area (Å²) in [5, 5.41) is 31.2. The molecule has 16 heavy (non-hydrogen) atoms. The van der Waals surface area contributed by atoms with Crippen molar-refractivity contribution in [2.75, 3.05) is 13.7 Å². The summed E-state index contributed by atoms with van der Waals surface area (Å²) in [5.41, 5.74) is 0. The Morgan fingerprint density at radius 1 is 1.38 bits per heavy atom. The summed E-state index contributed by atoms with van der Waals surface area (Å²) in [6.45, 7) is 1.29. The predicted molar refractivity (Wildman–Crippen MR) is 52.4 cm³/mol. The van der Waals surface area contributed by atoms with Crippen molar-refractivity contribution in [2.45, 2.75) is 37.6 Å². The van der Waals surface area contributed by atoms with E-state index in [1.165, 1.54) is 14.0 Å². The van der Waals surface area contributed by atoms with Crippen LogP contribution in [-0.2, 0) is 14.3 Å². The number of aliphatic hydroxyl groups is 3. The Morgan fingerprint density at radius 3 is 2.50 bits per heavy atom. The van der Waals surface area contributed by atoms with E-state index in [0.717, 1.165) is 0 Å². The van der Waals surface area contributed by atoms with Crippen LogP contribution in [0, 0.1) is 0 Å². The number of carbonyl (C=O) groups is 1. The topological polar surface area (TPSA) is 108 Å². The van der Waals surface area contributed by atoms with Crippen LogP contribution in [0.1, 0.15) is 6.92 Å². The van der Waals surface area contributed by atoms with Crippen molar-refractivity contribution >= 4 is 5.91 Å². The van der Waals surface area contributed by atoms with Crippen molar-refractivity contribution in [1.82, 2.24) is 5.32 Å². The first-order valence-electron chi connectivity index (χ1n) is 4.93. The maximum absolute atomic E-state index is 10.8. The van der Waals surface area contributed by atoms with Crippen LogP contribution in [0.4, 0.5) is 0 Å². The number of ether oxygens (including phenoxy) is 2. The Balaban J connectivity index is 2.67. The smallest absolute Gasteiger partial charge is 0.217 e. The van der Waals surface area contributed by atoms with Gasteiger partial charge >= 0.3 is 0 Å². The Hall–Kier alpha value is -0.730. The molecule has 7 heteroatoms. The molecule has 5 atom stereocenters. The highest BCUT2D eigenvalue weighted by Gasteiger charge is 2.44. The van der Waals surface area contributed by atoms with E-state index in [-0.39, 0.29) is 6.61 Å². The van der Waals surface area contributed by atoms with Gasteiger partial charge in [-0.25, -0.2) is 0 Å². The largest absolute Gasteiger partial charge is 0.388 e. The van der Waals surface area contributed by atoms with E-state index in [1.807, 2.05) is 0 Å². The lowest BCUT2D eigenvalue weighted by Gasteiger charge is -2.40. The lowest BCUT2D eigenvalue weighted by molar-refractivity contribution is -0.255. The molecule has 0 aromatic carbocycles. The van der Waals surface area contributed by atoms with Crippen LogP contribution in [0.3, 0.4) is 0 Å². The fraction of sp³-hybridized carbons (Fsp3) is 0.889. The average molecular weight is 235 g/mol. The van der Waals surface area contributed by atoms with Crippen LogP contribution in [0.15, 0.2) is 0 Å². The fourth-order valence-electron chi connectivity index (χ4n) is 1.64. The molecule has 1 heterocycles. The van der Waals surface area contributed by atoms with Gasteiger partial charge in [-0.3, -0.25) is 4.79 Å². The highest BCUT2D eigenvalue weighted by molar-refractivity contribution is 5.73. The van der Waals surface area contributed by atoms with E-state index in [1.54, 1.807) is 0 Å². The van der Waals surface area contributed by atoms with Gasteiger partial charge in [-0.15, -0.1) is 0 Å². The minimum Gasteiger partial charge on any atom is -0.388 e. The average Bonchev–Trinajstić information content (AvgIpc) is 2.21. The minimum atomic E-state index is -1.37. The van der Waals surface area contributed by atoms with Gasteiger partial charge in [-0.05, 0) is 0 Å². The lowest BCUT2D eigenvalue weighted by Crippen LogP contribution is -2.64. The molecule has 94 valence electrons. The van der Waals surface area contributed by atoms with Crippen molar-refractivity contribution in [1.29, 1.82) is 0 Å². The highest BCUT2D eigenvalue weighted by Crippen LogP contribution is 2.20. The van der Waals surface area contributed by atoms with Crippen LogP contribution in [0.5, 0.6) is 0 Å². The van der Waals surface area contributed by atoms with Gasteiger partial charge in [0, 0.05) is 14.0 Å². The quantitative estimate of drug-likeness (QED) is 0.433. The molecule has 0 aliphatic carbocycles. The molecule has 1 aliphatic heterocycles. The van der Waals surface area contributed by atoms with Crippen LogP contribution in [0.25, 0.3) is 0 Å². The van der Waals surface area contributed by atoms with Gasteiger partial charge in [0.25, 0.3) is 0 Å². The normalized spacial score (nSPS) is 39.4. The number of hydrogen-bond acceptors (Lipinski definition) is 6. The number of nitrogens with one attached hydrogen (secondary N) is 1. The zero-order valence-electron chi connectivity index (χ0n) is 9.16. The zero-order chi connectivity index (χ0) is 12.3. The van der Waals surface area contributed by atoms with Crippen molar-refractivity contribution < 1.29 is 29.6 Å². The molecule has 1 amide bonds. The maximum Gasteiger partial charge on any atom is 0.217 e. The number of methoxy groups -OCH3 is 1. The minimum absolute atomic E-state index is 0.0437. The van der Waals surface area contributed by atoms with Crippen molar-refractivity contribution in [3.63, 3.8) is 0 Å². The predicted octanol–water partition coefficient (Wildman–Crippen LogP) is -2.42. The van der Waals surface area contributed by atoms with Crippen molar-refractivity contribution in [3.05, 3.63) is 0 Å². The third-order valence-electron chi connectivity index (χ3n) is 2.42. The summed E-state index contributed by atoms with van der Waals surface area (Å²) in [7, 11) is 1.41. The summed E-state index contributed by atoms with van der Waals surface area (Å²) < 4.78 is 9.80. The van der Waals surface area contributed by atoms with E-state index in [2.05, 4.69) is 5.32 Å². The Labute approximate surface area is 93.0 Å². The highest BCUT2D eigenvalue weighted by atomic mass is 16.6. The molecule has 7 nitrogen and oxygen atoms in total. The Bertz CT molecular complexity index is 248. The molecule has 0 aromatic rings. The van der Waals surface area contributed by atoms with E-state index in [4.69, 9.17) is 9.47 Å². The molecule has 1 saturated heterocycles. The van der Waals surface area contributed by atoms with Crippen LogP contribution in [0.2, 0.25) is 0 Å². The van der Waals surface area contributed by atoms with Gasteiger partial charge < -0.3 is 30.1 Å². The van der Waals surface area contributed by atoms with Crippen LogP contribution < -0.4 is 5.32 Å². The molecule has 0 saturated carbocycles. The zero-order valence-corrected chi connectivity index (χ0v) is 9.16. The van der Waals surface area contributed by atoms with E-state index in [0.29, 0.717) is 0 Å². The molecular formula is C9H17NO6. The second kappa shape index (κ2) is 5.55. The summed E-state index contributed by atoms with van der Waals surface area (Å²) in [5.74, 6) is -0.427. The van der Waals surface area contributed by atoms with Gasteiger partial charge in [-0.1, -0.05) is 0 Å². The standard InChI is InChI=1S/C9H17NO6/c1-4(11)10-6-8(13)7(12)5(3-15-2)16-9(6)14/h5-9,12-14H,3H2,1-2H3,(H,10,11)/t5-,6-,7-,8+,9+/m1/s1. The van der Waals surface area contributed by atoms with Crippen molar-refractivity contribution in [3.8, 4) is 0 Å². The third kappa shape index (κ3) is 2.89. The first-order chi connectivity index (χ1) is 7.47. The molecule has 1 fully saturated rings. The third-order valence-corrected chi connectivity index (χ3v) is 2.42. The molecular weight excluding hydrogens is 218 g/mol. The molecule has 0 aromatic heterocycles. The second-order valence-electron chi connectivity index (χ2n) is 3.73. The number of rotatable bonds is 3. The number of aliphatic hydroxyl groups excluding tert-OH is 3. The van der Waals surface area contributed by atoms with Gasteiger partial charge in [0.2, 0.25) is 5.91 Å². The number of hydrogen-bond donors (Lipinski definition) is 4. The number of carbonyl (C=O) groups excluding carboxylic acids is 1. The molecule has 0 bridgehead atoms. The SMILES string of the molecule is COC[C@H]1O[C@H](O)[C@H](NC(C)=O)[C@H](O)[C@@H]1O. The van der Waals surface area contributed by atoms with E-state index in [9.17, 15) is 20.1 Å². The van der Waals surface area contributed by atoms with Crippen molar-refractivity contribution in [2.24, 2.45) is 0 Å². The van der Waals surface area contributed by atoms with E-state index < -0.39 is 36.6 Å². The Kier molecular flexibility index (Phi) is 4.63. The fourth-order valence-corrected chi connectivity index (χ4v) is 1.64. The van der Waals surface area contributed by atoms with E-state index >= 15 is 0 Å². The molecule has 1 rings (SSSR count). The number of amides is 1. The summed E-state index contributed by atoms with van der Waals surface area (Å²) >= 11 is 0. The van der Waals surface area contributed by atoms with Gasteiger partial charge in [0.05, 0.1) is 6.61 Å². The molecule has 0 radical (unpaired) electrons. The monoisotopic (exact) mass is 235 g/mol. The second-order valence-corrected chi connectivity index (χ2v) is 3.73. The molecule has 4 N–H and O–H groups in total. The summed E-state index contributed by atoms with van der Waals surface area (Å²) in [6, 6.07) is -1.04. The van der Waals surface area contributed by atoms with Gasteiger partial charge in [0.1, 0.15) is 24.4 Å². The van der Waals surface area contributed by atoms with Crippen LogP contribution in [-0.4, -0.2) is 65.6 Å². The summed E-state index contributed by atoms with van der Waals surface area (Å²) in [4.78, 5) is 10.8. The maximum atomic E-state index is 10.8. The molecule has 1 aliphatic rings. The summed E-state index contributed by atoms with van der Waals surface area (Å²) in [6.07, 6.45) is -4.71.